The van der Waals surface area contributed by atoms with E-state index in [1.165, 1.54) is 34.3 Å². The number of aromatic nitrogens is 1. The van der Waals surface area contributed by atoms with Gasteiger partial charge in [0, 0.05) is 10.7 Å². The van der Waals surface area contributed by atoms with Gasteiger partial charge in [-0.15, -0.1) is 0 Å². The molecule has 5 rings (SSSR count). The van der Waals surface area contributed by atoms with Crippen molar-refractivity contribution >= 4 is 54.7 Å². The molecule has 0 N–H and O–H groups in total. The SMILES string of the molecule is O=[N+]([O-])c1cc2c(cc1/C=C/c1c(CBr)c3ccccc3n1S(=O)(=O)c1ccccc1)OCO2. The Kier molecular flexibility index (Phi) is 5.62. The van der Waals surface area contributed by atoms with Crippen LogP contribution >= 0.6 is 15.9 Å². The quantitative estimate of drug-likeness (QED) is 0.180. The summed E-state index contributed by atoms with van der Waals surface area (Å²) in [5, 5.41) is 12.8. The number of nitrogens with zero attached hydrogens (tertiary/aromatic N) is 2. The minimum Gasteiger partial charge on any atom is -0.454 e. The van der Waals surface area contributed by atoms with Gasteiger partial charge in [-0.1, -0.05) is 52.3 Å². The number of alkyl halides is 1. The van der Waals surface area contributed by atoms with Crippen LogP contribution in [0.1, 0.15) is 16.8 Å². The highest BCUT2D eigenvalue weighted by Crippen LogP contribution is 2.39. The first-order valence-corrected chi connectivity index (χ1v) is 12.7. The Balaban J connectivity index is 1.75. The number of para-hydroxylation sites is 1. The van der Waals surface area contributed by atoms with Crippen LogP contribution in [0.3, 0.4) is 0 Å². The number of rotatable bonds is 6. The van der Waals surface area contributed by atoms with Crippen LogP contribution in [0.2, 0.25) is 0 Å². The first-order valence-electron chi connectivity index (χ1n) is 10.2. The van der Waals surface area contributed by atoms with Crippen molar-refractivity contribution in [1.82, 2.24) is 3.97 Å². The zero-order chi connectivity index (χ0) is 23.9. The fraction of sp³-hybridized carbons (Fsp3) is 0.0833. The third kappa shape index (κ3) is 3.64. The van der Waals surface area contributed by atoms with Crippen molar-refractivity contribution in [3.05, 3.63) is 93.7 Å². The maximum absolute atomic E-state index is 13.7. The molecule has 0 bridgehead atoms. The summed E-state index contributed by atoms with van der Waals surface area (Å²) in [6, 6.07) is 18.2. The molecule has 0 amide bonds. The van der Waals surface area contributed by atoms with E-state index in [0.29, 0.717) is 28.0 Å². The van der Waals surface area contributed by atoms with Gasteiger partial charge in [0.1, 0.15) is 0 Å². The van der Waals surface area contributed by atoms with Gasteiger partial charge in [0.05, 0.1) is 32.7 Å². The zero-order valence-electron chi connectivity index (χ0n) is 17.5. The van der Waals surface area contributed by atoms with Crippen molar-refractivity contribution in [2.75, 3.05) is 6.79 Å². The van der Waals surface area contributed by atoms with Crippen molar-refractivity contribution in [3.63, 3.8) is 0 Å². The van der Waals surface area contributed by atoms with E-state index < -0.39 is 14.9 Å². The minimum absolute atomic E-state index is 0.0169. The highest BCUT2D eigenvalue weighted by atomic mass is 79.9. The van der Waals surface area contributed by atoms with Gasteiger partial charge in [0.2, 0.25) is 6.79 Å². The van der Waals surface area contributed by atoms with E-state index in [9.17, 15) is 18.5 Å². The fourth-order valence-electron chi connectivity index (χ4n) is 3.97. The number of nitro groups is 1. The molecule has 0 unspecified atom stereocenters. The van der Waals surface area contributed by atoms with Crippen molar-refractivity contribution in [2.24, 2.45) is 0 Å². The number of halogens is 1. The molecule has 0 saturated heterocycles. The number of nitro benzene ring substituents is 1. The normalized spacial score (nSPS) is 13.1. The molecule has 0 saturated carbocycles. The summed E-state index contributed by atoms with van der Waals surface area (Å²) in [5.41, 5.74) is 1.75. The largest absolute Gasteiger partial charge is 0.454 e. The Hall–Kier alpha value is -3.63. The number of fused-ring (bicyclic) bond motifs is 2. The smallest absolute Gasteiger partial charge is 0.280 e. The van der Waals surface area contributed by atoms with E-state index in [2.05, 4.69) is 15.9 Å². The number of hydrogen-bond acceptors (Lipinski definition) is 6. The van der Waals surface area contributed by atoms with E-state index in [4.69, 9.17) is 9.47 Å². The molecule has 1 aromatic heterocycles. The second-order valence-corrected chi connectivity index (χ2v) is 9.80. The third-order valence-electron chi connectivity index (χ3n) is 5.53. The average molecular weight is 541 g/mol. The van der Waals surface area contributed by atoms with Crippen molar-refractivity contribution in [3.8, 4) is 11.5 Å². The van der Waals surface area contributed by atoms with Crippen LogP contribution in [-0.2, 0) is 15.4 Å². The van der Waals surface area contributed by atoms with Gasteiger partial charge < -0.3 is 9.47 Å². The Morgan fingerprint density at radius 2 is 1.68 bits per heavy atom. The molecule has 0 radical (unpaired) electrons. The van der Waals surface area contributed by atoms with E-state index in [0.717, 1.165) is 10.9 Å². The molecule has 3 aromatic carbocycles. The van der Waals surface area contributed by atoms with Gasteiger partial charge in [0.15, 0.2) is 11.5 Å². The predicted molar refractivity (Wildman–Crippen MR) is 132 cm³/mol. The van der Waals surface area contributed by atoms with Crippen LogP contribution in [0.25, 0.3) is 23.1 Å². The van der Waals surface area contributed by atoms with Crippen LogP contribution in [0.5, 0.6) is 11.5 Å². The molecule has 8 nitrogen and oxygen atoms in total. The first-order chi connectivity index (χ1) is 16.4. The van der Waals surface area contributed by atoms with Crippen LogP contribution in [0.4, 0.5) is 5.69 Å². The van der Waals surface area contributed by atoms with Crippen LogP contribution < -0.4 is 9.47 Å². The molecule has 0 aliphatic carbocycles. The molecule has 10 heteroatoms. The summed E-state index contributed by atoms with van der Waals surface area (Å²) in [6.07, 6.45) is 3.11. The highest BCUT2D eigenvalue weighted by Gasteiger charge is 2.26. The van der Waals surface area contributed by atoms with Crippen molar-refractivity contribution in [2.45, 2.75) is 10.2 Å². The average Bonchev–Trinajstić information content (AvgIpc) is 3.44. The van der Waals surface area contributed by atoms with E-state index in [1.54, 1.807) is 36.4 Å². The van der Waals surface area contributed by atoms with Gasteiger partial charge >= 0.3 is 0 Å². The lowest BCUT2D eigenvalue weighted by atomic mass is 10.1. The Bertz CT molecular complexity index is 1560. The fourth-order valence-corrected chi connectivity index (χ4v) is 6.12. The summed E-state index contributed by atoms with van der Waals surface area (Å²) in [5.74, 6) is 0.689. The molecule has 0 fully saturated rings. The molecule has 0 atom stereocenters. The molecular formula is C24H17BrN2O6S. The maximum Gasteiger partial charge on any atom is 0.280 e. The Morgan fingerprint density at radius 1 is 1.00 bits per heavy atom. The monoisotopic (exact) mass is 540 g/mol. The van der Waals surface area contributed by atoms with Crippen molar-refractivity contribution < 1.29 is 22.8 Å². The standard InChI is InChI=1S/C24H17BrN2O6S/c25-14-19-18-8-4-5-9-20(18)26(34(30,31)17-6-2-1-3-7-17)21(19)11-10-16-12-23-24(33-15-32-23)13-22(16)27(28)29/h1-13H,14-15H2/b11-10+. The molecular weight excluding hydrogens is 524 g/mol. The highest BCUT2D eigenvalue weighted by molar-refractivity contribution is 9.08. The summed E-state index contributed by atoms with van der Waals surface area (Å²) in [7, 11) is -3.96. The molecule has 172 valence electrons. The second-order valence-electron chi connectivity index (χ2n) is 7.45. The first kappa shape index (κ1) is 22.2. The van der Waals surface area contributed by atoms with Crippen LogP contribution in [0.15, 0.2) is 71.6 Å². The van der Waals surface area contributed by atoms with Gasteiger partial charge in [-0.3, -0.25) is 10.1 Å². The lowest BCUT2D eigenvalue weighted by Crippen LogP contribution is -2.14. The topological polar surface area (TPSA) is 101 Å². The lowest BCUT2D eigenvalue weighted by Gasteiger charge is -2.11. The predicted octanol–water partition coefficient (Wildman–Crippen LogP) is 5.58. The molecule has 2 heterocycles. The summed E-state index contributed by atoms with van der Waals surface area (Å²) >= 11 is 3.48. The van der Waals surface area contributed by atoms with Gasteiger partial charge in [0.25, 0.3) is 15.7 Å². The van der Waals surface area contributed by atoms with Gasteiger partial charge in [-0.05, 0) is 42.0 Å². The van der Waals surface area contributed by atoms with Gasteiger partial charge in [-0.2, -0.15) is 0 Å². The molecule has 4 aromatic rings. The number of ether oxygens (including phenoxy) is 2. The maximum atomic E-state index is 13.7. The zero-order valence-corrected chi connectivity index (χ0v) is 20.0. The second kappa shape index (κ2) is 8.62. The third-order valence-corrected chi connectivity index (χ3v) is 7.83. The Morgan fingerprint density at radius 3 is 2.38 bits per heavy atom. The molecule has 1 aliphatic heterocycles. The number of benzene rings is 3. The summed E-state index contributed by atoms with van der Waals surface area (Å²) in [4.78, 5) is 11.3. The van der Waals surface area contributed by atoms with Crippen LogP contribution in [-0.4, -0.2) is 24.1 Å². The van der Waals surface area contributed by atoms with E-state index in [-0.39, 0.29) is 22.9 Å². The molecule has 0 spiro atoms. The molecule has 34 heavy (non-hydrogen) atoms. The summed E-state index contributed by atoms with van der Waals surface area (Å²) in [6.45, 7) is -0.0169. The Labute approximate surface area is 203 Å². The number of hydrogen-bond donors (Lipinski definition) is 0. The minimum atomic E-state index is -3.96. The van der Waals surface area contributed by atoms with Crippen LogP contribution in [0, 0.1) is 10.1 Å². The van der Waals surface area contributed by atoms with E-state index >= 15 is 0 Å². The lowest BCUT2D eigenvalue weighted by molar-refractivity contribution is -0.385. The van der Waals surface area contributed by atoms with E-state index in [1.807, 2.05) is 12.1 Å². The van der Waals surface area contributed by atoms with Gasteiger partial charge in [-0.25, -0.2) is 12.4 Å². The van der Waals surface area contributed by atoms with Crippen molar-refractivity contribution in [1.29, 1.82) is 0 Å². The molecule has 1 aliphatic rings. The summed E-state index contributed by atoms with van der Waals surface area (Å²) < 4.78 is 39.3.